The van der Waals surface area contributed by atoms with E-state index in [-0.39, 0.29) is 11.6 Å². The summed E-state index contributed by atoms with van der Waals surface area (Å²) in [7, 11) is 9.83. The van der Waals surface area contributed by atoms with Crippen LogP contribution in [-0.4, -0.2) is 45.8 Å². The summed E-state index contributed by atoms with van der Waals surface area (Å²) in [6.07, 6.45) is 4.92. The fraction of sp³-hybridized carbons (Fsp3) is 0.647. The minimum atomic E-state index is 0.108. The molecule has 0 aliphatic heterocycles. The Morgan fingerprint density at radius 1 is 1.10 bits per heavy atom. The number of rotatable bonds is 6. The summed E-state index contributed by atoms with van der Waals surface area (Å²) >= 11 is 0. The molecule has 1 fully saturated rings. The minimum absolute atomic E-state index is 0.108. The van der Waals surface area contributed by atoms with E-state index >= 15 is 0 Å². The van der Waals surface area contributed by atoms with Crippen molar-refractivity contribution in [1.82, 2.24) is 10.2 Å². The molecule has 0 saturated heterocycles. The Bertz CT molecular complexity index is 446. The maximum atomic E-state index is 5.62. The molecule has 0 radical (unpaired) electrons. The Morgan fingerprint density at radius 3 is 2.00 bits per heavy atom. The normalized spacial score (nSPS) is 18.8. The van der Waals surface area contributed by atoms with Gasteiger partial charge in [-0.05, 0) is 46.1 Å². The second-order valence-corrected chi connectivity index (χ2v) is 6.00. The van der Waals surface area contributed by atoms with Gasteiger partial charge in [0.1, 0.15) is 11.5 Å². The molecule has 0 aromatic heterocycles. The van der Waals surface area contributed by atoms with Crippen LogP contribution in [0.4, 0.5) is 0 Å². The second-order valence-electron chi connectivity index (χ2n) is 6.00. The van der Waals surface area contributed by atoms with Crippen LogP contribution in [0.1, 0.15) is 37.3 Å². The quantitative estimate of drug-likeness (QED) is 0.874. The molecule has 0 bridgehead atoms. The molecule has 1 atom stereocenters. The van der Waals surface area contributed by atoms with E-state index in [0.29, 0.717) is 0 Å². The van der Waals surface area contributed by atoms with Crippen LogP contribution in [-0.2, 0) is 0 Å². The van der Waals surface area contributed by atoms with Crippen LogP contribution in [0.25, 0.3) is 0 Å². The zero-order valence-corrected chi connectivity index (χ0v) is 13.9. The van der Waals surface area contributed by atoms with Gasteiger partial charge in [0, 0.05) is 5.54 Å². The Morgan fingerprint density at radius 2 is 1.62 bits per heavy atom. The standard InChI is InChI=1S/C17H28N2O2/c1-18-16(17(19(2)3)11-6-7-12-17)15-13(20-4)9-8-10-14(15)21-5/h8-10,16,18H,6-7,11-12H2,1-5H3. The highest BCUT2D eigenvalue weighted by Gasteiger charge is 2.45. The average Bonchev–Trinajstić information content (AvgIpc) is 2.99. The number of nitrogens with zero attached hydrogens (tertiary/aromatic N) is 1. The van der Waals surface area contributed by atoms with Gasteiger partial charge >= 0.3 is 0 Å². The molecule has 118 valence electrons. The number of hydrogen-bond acceptors (Lipinski definition) is 4. The monoisotopic (exact) mass is 292 g/mol. The molecule has 21 heavy (non-hydrogen) atoms. The Hall–Kier alpha value is -1.26. The van der Waals surface area contributed by atoms with E-state index in [0.717, 1.165) is 17.1 Å². The highest BCUT2D eigenvalue weighted by molar-refractivity contribution is 5.48. The molecule has 1 unspecified atom stereocenters. The molecule has 4 nitrogen and oxygen atoms in total. The van der Waals surface area contributed by atoms with Crippen molar-refractivity contribution < 1.29 is 9.47 Å². The van der Waals surface area contributed by atoms with E-state index in [1.807, 2.05) is 25.2 Å². The first kappa shape index (κ1) is 16.1. The highest BCUT2D eigenvalue weighted by atomic mass is 16.5. The Kier molecular flexibility index (Phi) is 5.12. The van der Waals surface area contributed by atoms with E-state index < -0.39 is 0 Å². The lowest BCUT2D eigenvalue weighted by atomic mass is 9.81. The van der Waals surface area contributed by atoms with Crippen molar-refractivity contribution in [2.75, 3.05) is 35.4 Å². The van der Waals surface area contributed by atoms with Crippen molar-refractivity contribution in [3.63, 3.8) is 0 Å². The van der Waals surface area contributed by atoms with Crippen molar-refractivity contribution in [2.24, 2.45) is 0 Å². The fourth-order valence-electron chi connectivity index (χ4n) is 3.83. The van der Waals surface area contributed by atoms with Crippen LogP contribution in [0.5, 0.6) is 11.5 Å². The third-order valence-corrected chi connectivity index (χ3v) is 4.94. The summed E-state index contributed by atoms with van der Waals surface area (Å²) in [5, 5.41) is 3.53. The lowest BCUT2D eigenvalue weighted by Crippen LogP contribution is -2.51. The van der Waals surface area contributed by atoms with Gasteiger partial charge in [0.05, 0.1) is 25.8 Å². The average molecular weight is 292 g/mol. The van der Waals surface area contributed by atoms with Gasteiger partial charge in [0.2, 0.25) is 0 Å². The molecule has 1 N–H and O–H groups in total. The van der Waals surface area contributed by atoms with Crippen LogP contribution < -0.4 is 14.8 Å². The van der Waals surface area contributed by atoms with Crippen molar-refractivity contribution in [2.45, 2.75) is 37.3 Å². The van der Waals surface area contributed by atoms with E-state index in [1.165, 1.54) is 25.7 Å². The van der Waals surface area contributed by atoms with Gasteiger partial charge in [0.25, 0.3) is 0 Å². The van der Waals surface area contributed by atoms with Gasteiger partial charge in [0.15, 0.2) is 0 Å². The molecule has 0 spiro atoms. The summed E-state index contributed by atoms with van der Waals surface area (Å²) in [6, 6.07) is 6.19. The zero-order valence-electron chi connectivity index (χ0n) is 13.9. The number of nitrogens with one attached hydrogen (secondary N) is 1. The zero-order chi connectivity index (χ0) is 15.5. The lowest BCUT2D eigenvalue weighted by molar-refractivity contribution is 0.106. The molecule has 1 aliphatic rings. The minimum Gasteiger partial charge on any atom is -0.496 e. The summed E-state index contributed by atoms with van der Waals surface area (Å²) in [6.45, 7) is 0. The molecule has 1 aromatic carbocycles. The second kappa shape index (κ2) is 6.67. The summed E-state index contributed by atoms with van der Waals surface area (Å²) < 4.78 is 11.2. The number of methoxy groups -OCH3 is 2. The molecular weight excluding hydrogens is 264 g/mol. The smallest absolute Gasteiger partial charge is 0.127 e. The van der Waals surface area contributed by atoms with Crippen LogP contribution in [0.15, 0.2) is 18.2 Å². The van der Waals surface area contributed by atoms with Crippen LogP contribution in [0.3, 0.4) is 0 Å². The van der Waals surface area contributed by atoms with Crippen LogP contribution >= 0.6 is 0 Å². The van der Waals surface area contributed by atoms with Gasteiger partial charge in [-0.15, -0.1) is 0 Å². The summed E-state index contributed by atoms with van der Waals surface area (Å²) in [4.78, 5) is 2.37. The van der Waals surface area contributed by atoms with E-state index in [2.05, 4.69) is 24.3 Å². The van der Waals surface area contributed by atoms with Gasteiger partial charge < -0.3 is 19.7 Å². The number of benzene rings is 1. The van der Waals surface area contributed by atoms with Crippen molar-refractivity contribution in [3.8, 4) is 11.5 Å². The van der Waals surface area contributed by atoms with Crippen molar-refractivity contribution in [1.29, 1.82) is 0 Å². The van der Waals surface area contributed by atoms with Gasteiger partial charge in [-0.25, -0.2) is 0 Å². The number of ether oxygens (including phenoxy) is 2. The van der Waals surface area contributed by atoms with Crippen LogP contribution in [0, 0.1) is 0 Å². The molecular formula is C17H28N2O2. The third-order valence-electron chi connectivity index (χ3n) is 4.94. The topological polar surface area (TPSA) is 33.7 Å². The lowest BCUT2D eigenvalue weighted by Gasteiger charge is -2.44. The maximum Gasteiger partial charge on any atom is 0.127 e. The molecule has 0 amide bonds. The number of likely N-dealkylation sites (N-methyl/N-ethyl adjacent to an activating group) is 2. The Balaban J connectivity index is 2.55. The first-order chi connectivity index (χ1) is 10.1. The third kappa shape index (κ3) is 2.74. The summed E-state index contributed by atoms with van der Waals surface area (Å²) in [5.74, 6) is 1.78. The summed E-state index contributed by atoms with van der Waals surface area (Å²) in [5.41, 5.74) is 1.23. The molecule has 1 saturated carbocycles. The first-order valence-electron chi connectivity index (χ1n) is 7.66. The molecule has 4 heteroatoms. The van der Waals surface area contributed by atoms with E-state index in [4.69, 9.17) is 9.47 Å². The highest BCUT2D eigenvalue weighted by Crippen LogP contribution is 2.47. The van der Waals surface area contributed by atoms with Crippen molar-refractivity contribution in [3.05, 3.63) is 23.8 Å². The molecule has 0 heterocycles. The van der Waals surface area contributed by atoms with Gasteiger partial charge in [-0.1, -0.05) is 18.9 Å². The van der Waals surface area contributed by atoms with Crippen LogP contribution in [0.2, 0.25) is 0 Å². The fourth-order valence-corrected chi connectivity index (χ4v) is 3.83. The SMILES string of the molecule is CNC(c1c(OC)cccc1OC)C1(N(C)C)CCCC1. The van der Waals surface area contributed by atoms with E-state index in [1.54, 1.807) is 14.2 Å². The molecule has 1 aliphatic carbocycles. The largest absolute Gasteiger partial charge is 0.496 e. The number of hydrogen-bond donors (Lipinski definition) is 1. The van der Waals surface area contributed by atoms with Crippen molar-refractivity contribution >= 4 is 0 Å². The molecule has 1 aromatic rings. The maximum absolute atomic E-state index is 5.62. The molecule has 2 rings (SSSR count). The van der Waals surface area contributed by atoms with Gasteiger partial charge in [-0.2, -0.15) is 0 Å². The predicted octanol–water partition coefficient (Wildman–Crippen LogP) is 2.84. The van der Waals surface area contributed by atoms with Gasteiger partial charge in [-0.3, -0.25) is 0 Å². The Labute approximate surface area is 128 Å². The van der Waals surface area contributed by atoms with E-state index in [9.17, 15) is 0 Å². The first-order valence-corrected chi connectivity index (χ1v) is 7.66. The predicted molar refractivity (Wildman–Crippen MR) is 86.2 cm³/mol.